The average molecular weight is 287 g/mol. The maximum Gasteiger partial charge on any atom is 0.237 e. The second-order valence-corrected chi connectivity index (χ2v) is 5.59. The van der Waals surface area contributed by atoms with Gasteiger partial charge in [0.15, 0.2) is 0 Å². The Morgan fingerprint density at radius 2 is 2.06 bits per heavy atom. The lowest BCUT2D eigenvalue weighted by Crippen LogP contribution is -2.41. The van der Waals surface area contributed by atoms with Crippen molar-refractivity contribution in [3.63, 3.8) is 0 Å². The molecule has 0 fully saturated rings. The minimum absolute atomic E-state index is 0.0601. The highest BCUT2D eigenvalue weighted by Crippen LogP contribution is 2.16. The molecule has 18 heavy (non-hydrogen) atoms. The standard InChI is InChI=1S/C13H19ClN2OS/c1-9(10-3-5-11(14)6-4-10)16-13(17)12(15)7-8-18-2/h3-6,9,12H,7-8,15H2,1-2H3,(H,16,17)/t9?,12-/m0/s1. The van der Waals surface area contributed by atoms with Crippen molar-refractivity contribution in [2.45, 2.75) is 25.4 Å². The van der Waals surface area contributed by atoms with Crippen molar-refractivity contribution in [3.8, 4) is 0 Å². The summed E-state index contributed by atoms with van der Waals surface area (Å²) in [5.41, 5.74) is 6.83. The van der Waals surface area contributed by atoms with E-state index in [2.05, 4.69) is 5.32 Å². The molecule has 0 aliphatic carbocycles. The molecule has 1 amide bonds. The van der Waals surface area contributed by atoms with E-state index in [9.17, 15) is 4.79 Å². The van der Waals surface area contributed by atoms with Gasteiger partial charge in [0.05, 0.1) is 12.1 Å². The summed E-state index contributed by atoms with van der Waals surface area (Å²) in [5.74, 6) is 0.788. The van der Waals surface area contributed by atoms with E-state index < -0.39 is 6.04 Å². The number of nitrogens with two attached hydrogens (primary N) is 1. The highest BCUT2D eigenvalue weighted by atomic mass is 35.5. The highest BCUT2D eigenvalue weighted by Gasteiger charge is 2.15. The van der Waals surface area contributed by atoms with Crippen LogP contribution in [0.1, 0.15) is 24.9 Å². The maximum absolute atomic E-state index is 11.8. The van der Waals surface area contributed by atoms with Crippen molar-refractivity contribution < 1.29 is 4.79 Å². The third-order valence-electron chi connectivity index (χ3n) is 2.70. The zero-order valence-electron chi connectivity index (χ0n) is 10.7. The Kier molecular flexibility index (Phi) is 6.54. The number of rotatable bonds is 6. The number of halogens is 1. The molecule has 5 heteroatoms. The van der Waals surface area contributed by atoms with Gasteiger partial charge in [0.2, 0.25) is 5.91 Å². The van der Waals surface area contributed by atoms with Gasteiger partial charge in [0.1, 0.15) is 0 Å². The number of carbonyl (C=O) groups is 1. The summed E-state index contributed by atoms with van der Waals surface area (Å²) in [7, 11) is 0. The molecule has 1 rings (SSSR count). The molecule has 0 aliphatic heterocycles. The van der Waals surface area contributed by atoms with Gasteiger partial charge in [-0.3, -0.25) is 4.79 Å². The summed E-state index contributed by atoms with van der Waals surface area (Å²) < 4.78 is 0. The van der Waals surface area contributed by atoms with Crippen LogP contribution >= 0.6 is 23.4 Å². The van der Waals surface area contributed by atoms with E-state index in [4.69, 9.17) is 17.3 Å². The second kappa shape index (κ2) is 7.67. The average Bonchev–Trinajstić information content (AvgIpc) is 2.36. The Bertz CT molecular complexity index is 383. The van der Waals surface area contributed by atoms with E-state index in [0.29, 0.717) is 11.4 Å². The number of carbonyl (C=O) groups excluding carboxylic acids is 1. The molecule has 0 aliphatic rings. The fraction of sp³-hybridized carbons (Fsp3) is 0.462. The van der Waals surface area contributed by atoms with Crippen LogP contribution < -0.4 is 11.1 Å². The van der Waals surface area contributed by atoms with Gasteiger partial charge >= 0.3 is 0 Å². The molecule has 3 N–H and O–H groups in total. The first-order valence-electron chi connectivity index (χ1n) is 5.85. The predicted molar refractivity (Wildman–Crippen MR) is 79.0 cm³/mol. The topological polar surface area (TPSA) is 55.1 Å². The summed E-state index contributed by atoms with van der Waals surface area (Å²) in [6.07, 6.45) is 2.70. The fourth-order valence-electron chi connectivity index (χ4n) is 1.53. The van der Waals surface area contributed by atoms with E-state index in [1.165, 1.54) is 0 Å². The van der Waals surface area contributed by atoms with Gasteiger partial charge in [-0.15, -0.1) is 0 Å². The van der Waals surface area contributed by atoms with Gasteiger partial charge in [-0.25, -0.2) is 0 Å². The van der Waals surface area contributed by atoms with Crippen LogP contribution in [0.2, 0.25) is 5.02 Å². The molecule has 0 heterocycles. The van der Waals surface area contributed by atoms with Crippen LogP contribution in [-0.2, 0) is 4.79 Å². The van der Waals surface area contributed by atoms with Gasteiger partial charge in [-0.2, -0.15) is 11.8 Å². The molecule has 2 atom stereocenters. The lowest BCUT2D eigenvalue weighted by molar-refractivity contribution is -0.123. The molecule has 0 aromatic heterocycles. The first-order chi connectivity index (χ1) is 8.54. The van der Waals surface area contributed by atoms with E-state index in [-0.39, 0.29) is 11.9 Å². The minimum atomic E-state index is -0.438. The monoisotopic (exact) mass is 286 g/mol. The summed E-state index contributed by atoms with van der Waals surface area (Å²) in [5, 5.41) is 3.60. The van der Waals surface area contributed by atoms with Gasteiger partial charge in [-0.05, 0) is 43.0 Å². The molecule has 0 bridgehead atoms. The Labute approximate surface area is 117 Å². The van der Waals surface area contributed by atoms with Gasteiger partial charge in [0.25, 0.3) is 0 Å². The van der Waals surface area contributed by atoms with Crippen LogP contribution in [0, 0.1) is 0 Å². The molecular weight excluding hydrogens is 268 g/mol. The SMILES string of the molecule is CSCC[C@H](N)C(=O)NC(C)c1ccc(Cl)cc1. The van der Waals surface area contributed by atoms with E-state index in [1.807, 2.05) is 37.4 Å². The first kappa shape index (κ1) is 15.3. The highest BCUT2D eigenvalue weighted by molar-refractivity contribution is 7.98. The number of benzene rings is 1. The molecule has 1 unspecified atom stereocenters. The molecule has 0 radical (unpaired) electrons. The van der Waals surface area contributed by atoms with E-state index >= 15 is 0 Å². The maximum atomic E-state index is 11.8. The number of hydrogen-bond donors (Lipinski definition) is 2. The quantitative estimate of drug-likeness (QED) is 0.845. The van der Waals surface area contributed by atoms with Crippen LogP contribution in [-0.4, -0.2) is 24.0 Å². The Morgan fingerprint density at radius 1 is 1.44 bits per heavy atom. The van der Waals surface area contributed by atoms with E-state index in [1.54, 1.807) is 11.8 Å². The normalized spacial score (nSPS) is 14.0. The van der Waals surface area contributed by atoms with Crippen LogP contribution in [0.15, 0.2) is 24.3 Å². The largest absolute Gasteiger partial charge is 0.348 e. The zero-order chi connectivity index (χ0) is 13.5. The van der Waals surface area contributed by atoms with Crippen molar-refractivity contribution >= 4 is 29.3 Å². The van der Waals surface area contributed by atoms with Crippen molar-refractivity contribution in [2.75, 3.05) is 12.0 Å². The van der Waals surface area contributed by atoms with Gasteiger partial charge < -0.3 is 11.1 Å². The Balaban J connectivity index is 2.51. The summed E-state index contributed by atoms with van der Waals surface area (Å²) in [6, 6.07) is 6.93. The third kappa shape index (κ3) is 4.88. The number of hydrogen-bond acceptors (Lipinski definition) is 3. The van der Waals surface area contributed by atoms with Crippen molar-refractivity contribution in [1.29, 1.82) is 0 Å². The Morgan fingerprint density at radius 3 is 2.61 bits per heavy atom. The molecule has 1 aromatic rings. The molecular formula is C13H19ClN2OS. The molecule has 0 spiro atoms. The van der Waals surface area contributed by atoms with Crippen LogP contribution in [0.4, 0.5) is 0 Å². The number of amides is 1. The van der Waals surface area contributed by atoms with Crippen molar-refractivity contribution in [3.05, 3.63) is 34.9 Å². The van der Waals surface area contributed by atoms with E-state index in [0.717, 1.165) is 11.3 Å². The van der Waals surface area contributed by atoms with Crippen molar-refractivity contribution in [2.24, 2.45) is 5.73 Å². The van der Waals surface area contributed by atoms with Crippen molar-refractivity contribution in [1.82, 2.24) is 5.32 Å². The minimum Gasteiger partial charge on any atom is -0.348 e. The lowest BCUT2D eigenvalue weighted by Gasteiger charge is -2.17. The smallest absolute Gasteiger partial charge is 0.237 e. The number of thioether (sulfide) groups is 1. The molecule has 0 saturated carbocycles. The Hall–Kier alpha value is -0.710. The molecule has 1 aromatic carbocycles. The second-order valence-electron chi connectivity index (χ2n) is 4.17. The van der Waals surface area contributed by atoms with Crippen LogP contribution in [0.25, 0.3) is 0 Å². The van der Waals surface area contributed by atoms with Crippen LogP contribution in [0.5, 0.6) is 0 Å². The summed E-state index contributed by atoms with van der Waals surface area (Å²) >= 11 is 7.51. The third-order valence-corrected chi connectivity index (χ3v) is 3.59. The molecule has 0 saturated heterocycles. The van der Waals surface area contributed by atoms with Crippen LogP contribution in [0.3, 0.4) is 0 Å². The zero-order valence-corrected chi connectivity index (χ0v) is 12.2. The summed E-state index contributed by atoms with van der Waals surface area (Å²) in [4.78, 5) is 11.8. The predicted octanol–water partition coefficient (Wildman–Crippen LogP) is 2.60. The molecule has 100 valence electrons. The molecule has 3 nitrogen and oxygen atoms in total. The summed E-state index contributed by atoms with van der Waals surface area (Å²) in [6.45, 7) is 1.93. The van der Waals surface area contributed by atoms with Gasteiger partial charge in [-0.1, -0.05) is 23.7 Å². The fourth-order valence-corrected chi connectivity index (χ4v) is 2.15. The number of nitrogens with one attached hydrogen (secondary N) is 1. The first-order valence-corrected chi connectivity index (χ1v) is 7.62. The van der Waals surface area contributed by atoms with Gasteiger partial charge in [0, 0.05) is 5.02 Å². The lowest BCUT2D eigenvalue weighted by atomic mass is 10.1.